The van der Waals surface area contributed by atoms with Crippen LogP contribution in [-0.4, -0.2) is 24.7 Å². The fourth-order valence-electron chi connectivity index (χ4n) is 2.90. The van der Waals surface area contributed by atoms with Crippen LogP contribution < -0.4 is 5.32 Å². The van der Waals surface area contributed by atoms with Gasteiger partial charge in [0.25, 0.3) is 5.91 Å². The standard InChI is InChI=1S/C14H25NO2/c1-3-14(8-6-9-14)11-15-12(16)13(2)7-4-5-10-17-13/h3-11H2,1-2H3,(H,15,16). The molecule has 1 N–H and O–H groups in total. The van der Waals surface area contributed by atoms with Crippen molar-refractivity contribution in [2.75, 3.05) is 13.2 Å². The summed E-state index contributed by atoms with van der Waals surface area (Å²) in [5.41, 5.74) is -0.183. The van der Waals surface area contributed by atoms with Crippen LogP contribution in [-0.2, 0) is 9.53 Å². The predicted molar refractivity (Wildman–Crippen MR) is 67.8 cm³/mol. The average Bonchev–Trinajstić information content (AvgIpc) is 2.29. The van der Waals surface area contributed by atoms with Crippen molar-refractivity contribution < 1.29 is 9.53 Å². The minimum absolute atomic E-state index is 0.0944. The minimum atomic E-state index is -0.572. The smallest absolute Gasteiger partial charge is 0.251 e. The predicted octanol–water partition coefficient (Wildman–Crippen LogP) is 2.64. The Balaban J connectivity index is 1.84. The highest BCUT2D eigenvalue weighted by Gasteiger charge is 2.39. The molecule has 1 heterocycles. The van der Waals surface area contributed by atoms with Gasteiger partial charge in [-0.3, -0.25) is 4.79 Å². The van der Waals surface area contributed by atoms with Crippen LogP contribution in [0.1, 0.15) is 58.8 Å². The summed E-state index contributed by atoms with van der Waals surface area (Å²) in [7, 11) is 0. The van der Waals surface area contributed by atoms with Gasteiger partial charge in [0, 0.05) is 13.2 Å². The molecule has 0 bridgehead atoms. The van der Waals surface area contributed by atoms with Crippen molar-refractivity contribution in [2.45, 2.75) is 64.4 Å². The highest BCUT2D eigenvalue weighted by atomic mass is 16.5. The molecular weight excluding hydrogens is 214 g/mol. The van der Waals surface area contributed by atoms with Gasteiger partial charge in [-0.1, -0.05) is 13.3 Å². The topological polar surface area (TPSA) is 38.3 Å². The van der Waals surface area contributed by atoms with Crippen molar-refractivity contribution >= 4 is 5.91 Å². The van der Waals surface area contributed by atoms with Gasteiger partial charge in [0.2, 0.25) is 0 Å². The van der Waals surface area contributed by atoms with Crippen LogP contribution in [0.15, 0.2) is 0 Å². The number of carbonyl (C=O) groups excluding carboxylic acids is 1. The Morgan fingerprint density at radius 2 is 2.00 bits per heavy atom. The van der Waals surface area contributed by atoms with Gasteiger partial charge in [-0.15, -0.1) is 0 Å². The van der Waals surface area contributed by atoms with E-state index in [1.165, 1.54) is 25.7 Å². The summed E-state index contributed by atoms with van der Waals surface area (Å²) in [4.78, 5) is 12.2. The van der Waals surface area contributed by atoms with Crippen LogP contribution in [0, 0.1) is 5.41 Å². The molecule has 0 aromatic carbocycles. The van der Waals surface area contributed by atoms with E-state index in [2.05, 4.69) is 12.2 Å². The number of ether oxygens (including phenoxy) is 1. The van der Waals surface area contributed by atoms with Crippen molar-refractivity contribution in [2.24, 2.45) is 5.41 Å². The van der Waals surface area contributed by atoms with Crippen molar-refractivity contribution in [1.82, 2.24) is 5.32 Å². The third kappa shape index (κ3) is 2.65. The van der Waals surface area contributed by atoms with Crippen LogP contribution in [0.4, 0.5) is 0 Å². The lowest BCUT2D eigenvalue weighted by Gasteiger charge is -2.42. The van der Waals surface area contributed by atoms with Crippen LogP contribution in [0.5, 0.6) is 0 Å². The molecule has 1 aliphatic heterocycles. The molecule has 2 rings (SSSR count). The molecule has 1 unspecified atom stereocenters. The van der Waals surface area contributed by atoms with Crippen LogP contribution >= 0.6 is 0 Å². The number of rotatable bonds is 4. The van der Waals surface area contributed by atoms with Crippen molar-refractivity contribution in [3.05, 3.63) is 0 Å². The first-order valence-corrected chi connectivity index (χ1v) is 7.03. The molecule has 2 fully saturated rings. The van der Waals surface area contributed by atoms with Gasteiger partial charge < -0.3 is 10.1 Å². The van der Waals surface area contributed by atoms with E-state index in [4.69, 9.17) is 4.74 Å². The highest BCUT2D eigenvalue weighted by Crippen LogP contribution is 2.43. The summed E-state index contributed by atoms with van der Waals surface area (Å²) in [6.45, 7) is 5.72. The fourth-order valence-corrected chi connectivity index (χ4v) is 2.90. The Morgan fingerprint density at radius 3 is 2.47 bits per heavy atom. The van der Waals surface area contributed by atoms with Crippen molar-refractivity contribution in [1.29, 1.82) is 0 Å². The molecule has 1 saturated carbocycles. The Hall–Kier alpha value is -0.570. The molecule has 98 valence electrons. The number of hydrogen-bond acceptors (Lipinski definition) is 2. The first-order valence-electron chi connectivity index (χ1n) is 7.03. The number of carbonyl (C=O) groups is 1. The maximum atomic E-state index is 12.2. The zero-order valence-electron chi connectivity index (χ0n) is 11.2. The highest BCUT2D eigenvalue weighted by molar-refractivity contribution is 5.84. The molecular formula is C14H25NO2. The monoisotopic (exact) mass is 239 g/mol. The van der Waals surface area contributed by atoms with Crippen LogP contribution in [0.25, 0.3) is 0 Å². The molecule has 0 aromatic heterocycles. The number of amides is 1. The lowest BCUT2D eigenvalue weighted by molar-refractivity contribution is -0.151. The van der Waals surface area contributed by atoms with E-state index in [1.54, 1.807) is 0 Å². The second-order valence-corrected chi connectivity index (χ2v) is 5.93. The first kappa shape index (κ1) is 12.9. The van der Waals surface area contributed by atoms with Crippen LogP contribution in [0.3, 0.4) is 0 Å². The molecule has 0 radical (unpaired) electrons. The Morgan fingerprint density at radius 1 is 1.24 bits per heavy atom. The molecule has 17 heavy (non-hydrogen) atoms. The molecule has 2 aliphatic rings. The van der Waals surface area contributed by atoms with Crippen molar-refractivity contribution in [3.8, 4) is 0 Å². The van der Waals surface area contributed by atoms with Gasteiger partial charge >= 0.3 is 0 Å². The molecule has 3 heteroatoms. The van der Waals surface area contributed by atoms with E-state index in [1.807, 2.05) is 6.92 Å². The Bertz CT molecular complexity index is 272. The van der Waals surface area contributed by atoms with Crippen LogP contribution in [0.2, 0.25) is 0 Å². The summed E-state index contributed by atoms with van der Waals surface area (Å²) in [5.74, 6) is 0.0944. The van der Waals surface area contributed by atoms with Gasteiger partial charge in [-0.25, -0.2) is 0 Å². The lowest BCUT2D eigenvalue weighted by atomic mass is 9.67. The minimum Gasteiger partial charge on any atom is -0.365 e. The SMILES string of the molecule is CCC1(CNC(=O)C2(C)CCCCO2)CCC1. The van der Waals surface area contributed by atoms with E-state index >= 15 is 0 Å². The lowest BCUT2D eigenvalue weighted by Crippen LogP contribution is -2.52. The van der Waals surface area contributed by atoms with E-state index < -0.39 is 5.60 Å². The van der Waals surface area contributed by atoms with Gasteiger partial charge in [0.15, 0.2) is 0 Å². The number of nitrogens with one attached hydrogen (secondary N) is 1. The third-order valence-corrected chi connectivity index (χ3v) is 4.74. The molecule has 3 nitrogen and oxygen atoms in total. The number of hydrogen-bond donors (Lipinski definition) is 1. The quantitative estimate of drug-likeness (QED) is 0.819. The zero-order chi connectivity index (χ0) is 12.4. The Labute approximate surface area is 104 Å². The fraction of sp³-hybridized carbons (Fsp3) is 0.929. The molecule has 1 atom stereocenters. The van der Waals surface area contributed by atoms with Gasteiger partial charge in [-0.05, 0) is 50.9 Å². The summed E-state index contributed by atoms with van der Waals surface area (Å²) < 4.78 is 5.67. The van der Waals surface area contributed by atoms with E-state index in [9.17, 15) is 4.79 Å². The van der Waals surface area contributed by atoms with Gasteiger partial charge in [-0.2, -0.15) is 0 Å². The van der Waals surface area contributed by atoms with Gasteiger partial charge in [0.05, 0.1) is 0 Å². The largest absolute Gasteiger partial charge is 0.365 e. The summed E-state index contributed by atoms with van der Waals surface area (Å²) in [5, 5.41) is 3.12. The Kier molecular flexibility index (Phi) is 3.76. The van der Waals surface area contributed by atoms with Crippen molar-refractivity contribution in [3.63, 3.8) is 0 Å². The molecule has 1 saturated heterocycles. The maximum absolute atomic E-state index is 12.2. The second-order valence-electron chi connectivity index (χ2n) is 5.93. The maximum Gasteiger partial charge on any atom is 0.251 e. The van der Waals surface area contributed by atoms with E-state index in [-0.39, 0.29) is 5.91 Å². The molecule has 0 aromatic rings. The third-order valence-electron chi connectivity index (χ3n) is 4.74. The van der Waals surface area contributed by atoms with Gasteiger partial charge in [0.1, 0.15) is 5.60 Å². The molecule has 0 spiro atoms. The second kappa shape index (κ2) is 4.97. The zero-order valence-corrected chi connectivity index (χ0v) is 11.2. The summed E-state index contributed by atoms with van der Waals surface area (Å²) >= 11 is 0. The molecule has 1 aliphatic carbocycles. The first-order chi connectivity index (χ1) is 8.10. The molecule has 1 amide bonds. The van der Waals surface area contributed by atoms with E-state index in [0.29, 0.717) is 5.41 Å². The van der Waals surface area contributed by atoms with E-state index in [0.717, 1.165) is 32.4 Å². The summed E-state index contributed by atoms with van der Waals surface area (Å²) in [6, 6.07) is 0. The normalized spacial score (nSPS) is 31.6. The summed E-state index contributed by atoms with van der Waals surface area (Å²) in [6.07, 6.45) is 8.06. The average molecular weight is 239 g/mol.